The minimum atomic E-state index is -0.507. The zero-order valence-electron chi connectivity index (χ0n) is 15.2. The smallest absolute Gasteiger partial charge is 0.271 e. The molecule has 10 nitrogen and oxygen atoms in total. The van der Waals surface area contributed by atoms with Gasteiger partial charge in [-0.2, -0.15) is 5.10 Å². The van der Waals surface area contributed by atoms with Crippen LogP contribution in [0, 0.1) is 0 Å². The quantitative estimate of drug-likeness (QED) is 0.687. The average molecular weight is 373 g/mol. The topological polar surface area (TPSA) is 133 Å². The number of anilines is 1. The first kappa shape index (κ1) is 17.5. The summed E-state index contributed by atoms with van der Waals surface area (Å²) in [6, 6.07) is 1.54. The predicted molar refractivity (Wildman–Crippen MR) is 95.7 cm³/mol. The van der Waals surface area contributed by atoms with Crippen LogP contribution in [0.1, 0.15) is 34.7 Å². The summed E-state index contributed by atoms with van der Waals surface area (Å²) < 4.78 is 5.07. The number of likely N-dealkylation sites (tertiary alicyclic amines) is 1. The van der Waals surface area contributed by atoms with E-state index in [1.54, 1.807) is 11.2 Å². The number of ether oxygens (including phenoxy) is 1. The number of hydrogen-bond acceptors (Lipinski definition) is 6. The van der Waals surface area contributed by atoms with Crippen molar-refractivity contribution in [1.82, 2.24) is 30.0 Å². The number of aromatic amines is 2. The third kappa shape index (κ3) is 2.85. The molecule has 1 saturated heterocycles. The van der Waals surface area contributed by atoms with Crippen molar-refractivity contribution in [2.45, 2.75) is 24.8 Å². The molecular formula is C17H23N7O3. The Hall–Kier alpha value is -2.88. The maximum absolute atomic E-state index is 12.7. The summed E-state index contributed by atoms with van der Waals surface area (Å²) in [6.45, 7) is 1.68. The van der Waals surface area contributed by atoms with Gasteiger partial charge in [0.1, 0.15) is 18.1 Å². The number of nitrogen functional groups attached to an aromatic ring is 1. The van der Waals surface area contributed by atoms with Gasteiger partial charge in [0.05, 0.1) is 17.6 Å². The van der Waals surface area contributed by atoms with Crippen LogP contribution in [0.2, 0.25) is 0 Å². The van der Waals surface area contributed by atoms with Crippen LogP contribution in [-0.2, 0) is 21.5 Å². The van der Waals surface area contributed by atoms with Gasteiger partial charge in [0.2, 0.25) is 5.91 Å². The lowest BCUT2D eigenvalue weighted by Crippen LogP contribution is -2.59. The highest BCUT2D eigenvalue weighted by Gasteiger charge is 2.49. The molecule has 0 saturated carbocycles. The minimum Gasteiger partial charge on any atom is -0.382 e. The summed E-state index contributed by atoms with van der Waals surface area (Å²) in [5.41, 5.74) is 7.45. The van der Waals surface area contributed by atoms with E-state index < -0.39 is 5.54 Å². The number of rotatable bonds is 3. The van der Waals surface area contributed by atoms with Crippen molar-refractivity contribution in [2.24, 2.45) is 0 Å². The number of piperidine rings is 1. The molecule has 4 rings (SSSR count). The van der Waals surface area contributed by atoms with E-state index >= 15 is 0 Å². The van der Waals surface area contributed by atoms with E-state index in [-0.39, 0.29) is 24.2 Å². The summed E-state index contributed by atoms with van der Waals surface area (Å²) >= 11 is 0. The molecule has 0 unspecified atom stereocenters. The maximum Gasteiger partial charge on any atom is 0.271 e. The summed E-state index contributed by atoms with van der Waals surface area (Å²) in [4.78, 5) is 36.7. The minimum absolute atomic E-state index is 0.0393. The normalized spacial score (nSPS) is 18.6. The van der Waals surface area contributed by atoms with E-state index in [1.165, 1.54) is 13.2 Å². The van der Waals surface area contributed by atoms with Gasteiger partial charge in [-0.05, 0) is 12.8 Å². The molecule has 0 aromatic carbocycles. The van der Waals surface area contributed by atoms with Crippen molar-refractivity contribution < 1.29 is 14.3 Å². The van der Waals surface area contributed by atoms with E-state index in [4.69, 9.17) is 10.5 Å². The molecule has 0 radical (unpaired) electrons. The zero-order valence-corrected chi connectivity index (χ0v) is 15.2. The van der Waals surface area contributed by atoms with Crippen LogP contribution >= 0.6 is 0 Å². The van der Waals surface area contributed by atoms with Crippen molar-refractivity contribution in [3.8, 4) is 0 Å². The van der Waals surface area contributed by atoms with Crippen LogP contribution in [0.15, 0.2) is 12.4 Å². The van der Waals surface area contributed by atoms with E-state index in [0.717, 1.165) is 17.8 Å². The Morgan fingerprint density at radius 1 is 1.33 bits per heavy atom. The number of methoxy groups -OCH3 is 1. The Morgan fingerprint density at radius 2 is 2.11 bits per heavy atom. The lowest BCUT2D eigenvalue weighted by molar-refractivity contribution is -0.145. The Balaban J connectivity index is 1.58. The van der Waals surface area contributed by atoms with Crippen LogP contribution < -0.4 is 5.73 Å². The van der Waals surface area contributed by atoms with Crippen LogP contribution in [0.5, 0.6) is 0 Å². The number of fused-ring (bicyclic) bond motifs is 2. The molecule has 4 N–H and O–H groups in total. The lowest BCUT2D eigenvalue weighted by Gasteiger charge is -2.50. The summed E-state index contributed by atoms with van der Waals surface area (Å²) in [5.74, 6) is 0.103. The number of nitrogens with two attached hydrogens (primary N) is 1. The predicted octanol–water partition coefficient (Wildman–Crippen LogP) is -0.122. The van der Waals surface area contributed by atoms with Crippen molar-refractivity contribution in [3.63, 3.8) is 0 Å². The second-order valence-electron chi connectivity index (χ2n) is 6.99. The van der Waals surface area contributed by atoms with Gasteiger partial charge in [-0.25, -0.2) is 4.98 Å². The first-order chi connectivity index (χ1) is 13.0. The number of amides is 2. The summed E-state index contributed by atoms with van der Waals surface area (Å²) in [6.07, 6.45) is 3.66. The van der Waals surface area contributed by atoms with Crippen LogP contribution in [0.4, 0.5) is 5.82 Å². The second-order valence-corrected chi connectivity index (χ2v) is 6.99. The molecule has 2 amide bonds. The SMILES string of the molecule is COCC(=O)N1CCc2[nH]cnc2C12CCN(C(=O)c1cc(N)n[nH]1)CC2. The Bertz CT molecular complexity index is 850. The first-order valence-corrected chi connectivity index (χ1v) is 8.97. The third-order valence-corrected chi connectivity index (χ3v) is 5.54. The molecule has 2 aromatic rings. The highest BCUT2D eigenvalue weighted by Crippen LogP contribution is 2.42. The van der Waals surface area contributed by atoms with Gasteiger partial charge in [-0.15, -0.1) is 0 Å². The third-order valence-electron chi connectivity index (χ3n) is 5.54. The number of carbonyl (C=O) groups is 2. The highest BCUT2D eigenvalue weighted by molar-refractivity contribution is 5.93. The monoisotopic (exact) mass is 373 g/mol. The number of hydrogen-bond donors (Lipinski definition) is 3. The molecule has 2 aliphatic heterocycles. The van der Waals surface area contributed by atoms with Gasteiger partial charge in [0, 0.05) is 44.9 Å². The average Bonchev–Trinajstić information content (AvgIpc) is 3.32. The number of nitrogens with one attached hydrogen (secondary N) is 2. The van der Waals surface area contributed by atoms with E-state index in [2.05, 4.69) is 20.2 Å². The van der Waals surface area contributed by atoms with Crippen LogP contribution in [0.3, 0.4) is 0 Å². The molecule has 1 fully saturated rings. The van der Waals surface area contributed by atoms with Gasteiger partial charge in [0.25, 0.3) is 5.91 Å². The van der Waals surface area contributed by atoms with Crippen molar-refractivity contribution >= 4 is 17.6 Å². The van der Waals surface area contributed by atoms with Gasteiger partial charge in [-0.1, -0.05) is 0 Å². The first-order valence-electron chi connectivity index (χ1n) is 8.97. The molecule has 0 atom stereocenters. The summed E-state index contributed by atoms with van der Waals surface area (Å²) in [7, 11) is 1.52. The number of carbonyl (C=O) groups excluding carboxylic acids is 2. The molecular weight excluding hydrogens is 350 g/mol. The van der Waals surface area contributed by atoms with Gasteiger partial charge < -0.3 is 25.3 Å². The molecule has 2 aliphatic rings. The molecule has 2 aromatic heterocycles. The van der Waals surface area contributed by atoms with E-state index in [1.807, 2.05) is 4.90 Å². The largest absolute Gasteiger partial charge is 0.382 e. The number of aromatic nitrogens is 4. The second kappa shape index (κ2) is 6.69. The van der Waals surface area contributed by atoms with E-state index in [9.17, 15) is 9.59 Å². The van der Waals surface area contributed by atoms with Gasteiger partial charge in [-0.3, -0.25) is 14.7 Å². The standard InChI is InChI=1S/C17H23N7O3/c1-27-9-14(25)24-5-2-11-15(20-10-19-11)17(24)3-6-23(7-4-17)16(26)12-8-13(18)22-21-12/h8,10H,2-7,9H2,1H3,(H,19,20)(H3,18,21,22). The van der Waals surface area contributed by atoms with Crippen LogP contribution in [0.25, 0.3) is 0 Å². The Kier molecular flexibility index (Phi) is 4.34. The van der Waals surface area contributed by atoms with Crippen molar-refractivity contribution in [3.05, 3.63) is 29.5 Å². The fourth-order valence-corrected chi connectivity index (χ4v) is 4.25. The zero-order chi connectivity index (χ0) is 19.0. The molecule has 27 heavy (non-hydrogen) atoms. The van der Waals surface area contributed by atoms with Crippen molar-refractivity contribution in [1.29, 1.82) is 0 Å². The van der Waals surface area contributed by atoms with Gasteiger partial charge in [0.15, 0.2) is 0 Å². The van der Waals surface area contributed by atoms with Crippen molar-refractivity contribution in [2.75, 3.05) is 39.1 Å². The fraction of sp³-hybridized carbons (Fsp3) is 0.529. The number of imidazole rings is 1. The molecule has 144 valence electrons. The lowest BCUT2D eigenvalue weighted by atomic mass is 9.78. The number of nitrogens with zero attached hydrogens (tertiary/aromatic N) is 4. The fourth-order valence-electron chi connectivity index (χ4n) is 4.25. The molecule has 0 bridgehead atoms. The number of H-pyrrole nitrogens is 2. The molecule has 0 aliphatic carbocycles. The van der Waals surface area contributed by atoms with Crippen LogP contribution in [-0.4, -0.2) is 75.1 Å². The molecule has 1 spiro atoms. The Labute approximate surface area is 156 Å². The highest BCUT2D eigenvalue weighted by atomic mass is 16.5. The Morgan fingerprint density at radius 3 is 2.78 bits per heavy atom. The maximum atomic E-state index is 12.7. The van der Waals surface area contributed by atoms with E-state index in [0.29, 0.717) is 38.2 Å². The molecule has 10 heteroatoms. The van der Waals surface area contributed by atoms with Gasteiger partial charge >= 0.3 is 0 Å². The molecule has 4 heterocycles. The summed E-state index contributed by atoms with van der Waals surface area (Å²) in [5, 5.41) is 6.48.